The zero-order chi connectivity index (χ0) is 16.1. The smallest absolute Gasteiger partial charge is 0.228 e. The molecule has 1 amide bonds. The van der Waals surface area contributed by atoms with Crippen molar-refractivity contribution in [3.63, 3.8) is 0 Å². The third kappa shape index (κ3) is 4.20. The van der Waals surface area contributed by atoms with E-state index in [1.165, 1.54) is 11.1 Å². The number of anilines is 1. The first-order valence-electron chi connectivity index (χ1n) is 8.35. The minimum Gasteiger partial charge on any atom is -0.326 e. The largest absolute Gasteiger partial charge is 0.326 e. The highest BCUT2D eigenvalue weighted by Gasteiger charge is 2.26. The highest BCUT2D eigenvalue weighted by molar-refractivity contribution is 5.92. The van der Waals surface area contributed by atoms with Crippen molar-refractivity contribution in [1.29, 1.82) is 0 Å². The van der Waals surface area contributed by atoms with Gasteiger partial charge in [0.25, 0.3) is 0 Å². The summed E-state index contributed by atoms with van der Waals surface area (Å²) in [6.45, 7) is 5.00. The molecule has 1 N–H and O–H groups in total. The van der Waals surface area contributed by atoms with Gasteiger partial charge in [0, 0.05) is 18.8 Å². The number of hydrogen-bond acceptors (Lipinski definition) is 2. The summed E-state index contributed by atoms with van der Waals surface area (Å²) in [5, 5.41) is 3.04. The summed E-state index contributed by atoms with van der Waals surface area (Å²) in [7, 11) is 0. The minimum atomic E-state index is 0.0768. The number of benzene rings is 2. The van der Waals surface area contributed by atoms with Crippen molar-refractivity contribution in [1.82, 2.24) is 4.90 Å². The van der Waals surface area contributed by atoms with E-state index in [2.05, 4.69) is 41.4 Å². The van der Waals surface area contributed by atoms with Gasteiger partial charge in [-0.3, -0.25) is 9.69 Å². The molecule has 0 spiro atoms. The molecular weight excluding hydrogens is 284 g/mol. The van der Waals surface area contributed by atoms with E-state index in [0.717, 1.165) is 38.2 Å². The van der Waals surface area contributed by atoms with Crippen molar-refractivity contribution < 1.29 is 4.79 Å². The van der Waals surface area contributed by atoms with Crippen LogP contribution in [0.2, 0.25) is 0 Å². The fourth-order valence-electron chi connectivity index (χ4n) is 3.21. The lowest BCUT2D eigenvalue weighted by molar-refractivity contribution is -0.121. The molecule has 1 aliphatic heterocycles. The number of amides is 1. The Balaban J connectivity index is 1.59. The number of para-hydroxylation sites is 1. The van der Waals surface area contributed by atoms with Gasteiger partial charge in [0.2, 0.25) is 5.91 Å². The van der Waals surface area contributed by atoms with Crippen LogP contribution >= 0.6 is 0 Å². The molecule has 23 heavy (non-hydrogen) atoms. The number of rotatable bonds is 4. The zero-order valence-electron chi connectivity index (χ0n) is 13.7. The maximum atomic E-state index is 12.5. The molecule has 3 heteroatoms. The summed E-state index contributed by atoms with van der Waals surface area (Å²) >= 11 is 0. The summed E-state index contributed by atoms with van der Waals surface area (Å²) in [6, 6.07) is 18.2. The second kappa shape index (κ2) is 7.42. The lowest BCUT2D eigenvalue weighted by Gasteiger charge is -2.32. The summed E-state index contributed by atoms with van der Waals surface area (Å²) in [4.78, 5) is 14.9. The first kappa shape index (κ1) is 15.8. The summed E-state index contributed by atoms with van der Waals surface area (Å²) in [5.41, 5.74) is 3.56. The van der Waals surface area contributed by atoms with Crippen LogP contribution in [-0.2, 0) is 11.3 Å². The molecule has 1 heterocycles. The van der Waals surface area contributed by atoms with E-state index in [4.69, 9.17) is 0 Å². The van der Waals surface area contributed by atoms with E-state index in [1.54, 1.807) is 0 Å². The molecule has 0 aliphatic carbocycles. The fraction of sp³-hybridized carbons (Fsp3) is 0.350. The maximum Gasteiger partial charge on any atom is 0.228 e. The lowest BCUT2D eigenvalue weighted by Crippen LogP contribution is -2.40. The quantitative estimate of drug-likeness (QED) is 0.930. The third-order valence-electron chi connectivity index (χ3n) is 4.57. The van der Waals surface area contributed by atoms with Crippen molar-refractivity contribution in [3.8, 4) is 0 Å². The molecule has 0 aromatic heterocycles. The number of aryl methyl sites for hydroxylation is 1. The minimum absolute atomic E-state index is 0.0768. The Morgan fingerprint density at radius 2 is 1.87 bits per heavy atom. The molecular formula is C20H24N2O. The molecule has 0 bridgehead atoms. The molecule has 1 saturated heterocycles. The molecule has 120 valence electrons. The van der Waals surface area contributed by atoms with E-state index >= 15 is 0 Å². The Morgan fingerprint density at radius 1 is 1.13 bits per heavy atom. The van der Waals surface area contributed by atoms with Crippen LogP contribution in [0, 0.1) is 12.8 Å². The van der Waals surface area contributed by atoms with Crippen molar-refractivity contribution in [2.24, 2.45) is 5.92 Å². The fourth-order valence-corrected chi connectivity index (χ4v) is 3.21. The van der Waals surface area contributed by atoms with Crippen LogP contribution < -0.4 is 5.32 Å². The van der Waals surface area contributed by atoms with Crippen LogP contribution in [0.15, 0.2) is 54.6 Å². The Morgan fingerprint density at radius 3 is 2.65 bits per heavy atom. The van der Waals surface area contributed by atoms with Gasteiger partial charge in [-0.25, -0.2) is 0 Å². The van der Waals surface area contributed by atoms with Gasteiger partial charge in [0.1, 0.15) is 0 Å². The summed E-state index contributed by atoms with van der Waals surface area (Å²) in [5.74, 6) is 0.221. The second-order valence-corrected chi connectivity index (χ2v) is 6.36. The number of hydrogen-bond donors (Lipinski definition) is 1. The predicted octanol–water partition coefficient (Wildman–Crippen LogP) is 3.85. The first-order chi connectivity index (χ1) is 11.2. The summed E-state index contributed by atoms with van der Waals surface area (Å²) < 4.78 is 0. The Labute approximate surface area is 138 Å². The molecule has 1 aliphatic rings. The molecule has 0 unspecified atom stereocenters. The molecule has 0 saturated carbocycles. The van der Waals surface area contributed by atoms with Crippen LogP contribution in [0.1, 0.15) is 24.0 Å². The normalized spacial score (nSPS) is 18.6. The number of piperidine rings is 1. The van der Waals surface area contributed by atoms with Gasteiger partial charge in [-0.15, -0.1) is 0 Å². The first-order valence-corrected chi connectivity index (χ1v) is 8.35. The van der Waals surface area contributed by atoms with E-state index in [-0.39, 0.29) is 11.8 Å². The van der Waals surface area contributed by atoms with Gasteiger partial charge >= 0.3 is 0 Å². The summed E-state index contributed by atoms with van der Waals surface area (Å²) in [6.07, 6.45) is 2.06. The van der Waals surface area contributed by atoms with Crippen molar-refractivity contribution in [2.45, 2.75) is 26.3 Å². The van der Waals surface area contributed by atoms with Gasteiger partial charge in [0.15, 0.2) is 0 Å². The highest BCUT2D eigenvalue weighted by Crippen LogP contribution is 2.21. The topological polar surface area (TPSA) is 32.3 Å². The molecule has 3 nitrogen and oxygen atoms in total. The SMILES string of the molecule is Cc1ccccc1CN1CCC[C@H](C(=O)Nc2ccccc2)C1. The molecule has 2 aromatic rings. The zero-order valence-corrected chi connectivity index (χ0v) is 13.7. The number of likely N-dealkylation sites (tertiary alicyclic amines) is 1. The average Bonchev–Trinajstić information content (AvgIpc) is 2.58. The van der Waals surface area contributed by atoms with Crippen molar-refractivity contribution in [2.75, 3.05) is 18.4 Å². The Bertz CT molecular complexity index is 654. The van der Waals surface area contributed by atoms with Crippen LogP contribution in [0.25, 0.3) is 0 Å². The molecule has 2 aromatic carbocycles. The van der Waals surface area contributed by atoms with Gasteiger partial charge in [0.05, 0.1) is 5.92 Å². The van der Waals surface area contributed by atoms with E-state index in [1.807, 2.05) is 30.3 Å². The van der Waals surface area contributed by atoms with Gasteiger partial charge in [-0.2, -0.15) is 0 Å². The lowest BCUT2D eigenvalue weighted by atomic mass is 9.96. The number of nitrogens with one attached hydrogen (secondary N) is 1. The van der Waals surface area contributed by atoms with E-state index in [9.17, 15) is 4.79 Å². The van der Waals surface area contributed by atoms with Gasteiger partial charge in [-0.05, 0) is 49.6 Å². The van der Waals surface area contributed by atoms with E-state index < -0.39 is 0 Å². The standard InChI is InChI=1S/C20H24N2O/c1-16-8-5-6-9-17(16)14-22-13-7-10-18(15-22)20(23)21-19-11-3-2-4-12-19/h2-6,8-9,11-12,18H,7,10,13-15H2,1H3,(H,21,23)/t18-/m0/s1. The molecule has 1 fully saturated rings. The van der Waals surface area contributed by atoms with Crippen LogP contribution in [0.3, 0.4) is 0 Å². The highest BCUT2D eigenvalue weighted by atomic mass is 16.1. The number of carbonyl (C=O) groups is 1. The third-order valence-corrected chi connectivity index (χ3v) is 4.57. The van der Waals surface area contributed by atoms with Gasteiger partial charge in [-0.1, -0.05) is 42.5 Å². The van der Waals surface area contributed by atoms with Gasteiger partial charge < -0.3 is 5.32 Å². The maximum absolute atomic E-state index is 12.5. The molecule has 0 radical (unpaired) electrons. The number of nitrogens with zero attached hydrogens (tertiary/aromatic N) is 1. The van der Waals surface area contributed by atoms with Crippen LogP contribution in [0.4, 0.5) is 5.69 Å². The van der Waals surface area contributed by atoms with Crippen LogP contribution in [-0.4, -0.2) is 23.9 Å². The monoisotopic (exact) mass is 308 g/mol. The van der Waals surface area contributed by atoms with Crippen molar-refractivity contribution >= 4 is 11.6 Å². The Kier molecular flexibility index (Phi) is 5.09. The predicted molar refractivity (Wildman–Crippen MR) is 94.3 cm³/mol. The van der Waals surface area contributed by atoms with Crippen LogP contribution in [0.5, 0.6) is 0 Å². The number of carbonyl (C=O) groups excluding carboxylic acids is 1. The molecule has 1 atom stereocenters. The Hall–Kier alpha value is -2.13. The van der Waals surface area contributed by atoms with Crippen molar-refractivity contribution in [3.05, 3.63) is 65.7 Å². The molecule has 3 rings (SSSR count). The second-order valence-electron chi connectivity index (χ2n) is 6.36. The van der Waals surface area contributed by atoms with E-state index in [0.29, 0.717) is 0 Å². The average molecular weight is 308 g/mol.